The Labute approximate surface area is 385 Å². The fourth-order valence-electron chi connectivity index (χ4n) is 6.41. The molecule has 0 atom stereocenters. The number of primary amides is 1. The number of fused-ring (bicyclic) bond motifs is 1. The molecule has 0 bridgehead atoms. The lowest BCUT2D eigenvalue weighted by atomic mass is 9.92. The second kappa shape index (κ2) is 29.0. The molecule has 4 N–H and O–H groups in total. The van der Waals surface area contributed by atoms with Crippen LogP contribution < -0.4 is 11.1 Å². The number of nitrogens with one attached hydrogen (secondary N) is 1. The zero-order valence-corrected chi connectivity index (χ0v) is 38.2. The first-order valence-corrected chi connectivity index (χ1v) is 22.7. The maximum absolute atomic E-state index is 13.1. The number of aromatic nitrogens is 1. The highest BCUT2D eigenvalue weighted by atomic mass is 35.5. The van der Waals surface area contributed by atoms with Gasteiger partial charge in [0, 0.05) is 64.4 Å². The van der Waals surface area contributed by atoms with Crippen LogP contribution in [0.3, 0.4) is 0 Å². The number of likely N-dealkylation sites (N-methyl/N-ethyl adjacent to an activating group) is 1. The third-order valence-electron chi connectivity index (χ3n) is 9.92. The Hall–Kier alpha value is -5.57. The van der Waals surface area contributed by atoms with Gasteiger partial charge in [-0.15, -0.1) is 11.8 Å². The molecule has 1 aliphatic rings. The number of rotatable bonds is 22. The van der Waals surface area contributed by atoms with Crippen molar-refractivity contribution in [2.24, 2.45) is 5.73 Å². The Morgan fingerprint density at radius 1 is 0.812 bits per heavy atom. The molecule has 1 aliphatic carbocycles. The first-order chi connectivity index (χ1) is 31.0. The monoisotopic (exact) mass is 910 g/mol. The summed E-state index contributed by atoms with van der Waals surface area (Å²) in [6.07, 6.45) is 9.05. The molecular weight excluding hydrogens is 852 g/mol. The smallest absolute Gasteiger partial charge is 0.305 e. The predicted molar refractivity (Wildman–Crippen MR) is 253 cm³/mol. The molecule has 3 amide bonds. The molecule has 0 radical (unpaired) electrons. The van der Waals surface area contributed by atoms with E-state index < -0.39 is 11.9 Å². The van der Waals surface area contributed by atoms with E-state index >= 15 is 0 Å². The van der Waals surface area contributed by atoms with E-state index in [0.29, 0.717) is 73.5 Å². The number of pyridine rings is 1. The van der Waals surface area contributed by atoms with Crippen molar-refractivity contribution in [1.29, 1.82) is 0 Å². The van der Waals surface area contributed by atoms with E-state index in [2.05, 4.69) is 65.8 Å². The van der Waals surface area contributed by atoms with Crippen LogP contribution in [0.4, 0.5) is 5.69 Å². The van der Waals surface area contributed by atoms with Gasteiger partial charge in [-0.2, -0.15) is 0 Å². The summed E-state index contributed by atoms with van der Waals surface area (Å²) < 4.78 is 15.4. The van der Waals surface area contributed by atoms with Crippen LogP contribution in [0.2, 0.25) is 5.02 Å². The highest BCUT2D eigenvalue weighted by Gasteiger charge is 2.13. The number of carbonyl (C=O) groups excluding carboxylic acids is 3. The molecule has 6 rings (SSSR count). The lowest BCUT2D eigenvalue weighted by Gasteiger charge is -2.13. The summed E-state index contributed by atoms with van der Waals surface area (Å²) in [5, 5.41) is 11.9. The SMILES string of the molecule is CCc1cccc(SCc2cccc(C(=O)Nc3ccc(Cl)cc3Cc3cc(C(N)=O)ccn3)c2)c1.CN(C=O)CCOCCOCCOCCC(=O)O.c1ccc2c(c1)CCCC2. The van der Waals surface area contributed by atoms with Crippen LogP contribution in [-0.2, 0) is 55.2 Å². The number of thioether (sulfide) groups is 1. The number of anilines is 1. The number of hydrogen-bond donors (Lipinski definition) is 3. The Bertz CT molecular complexity index is 2220. The van der Waals surface area contributed by atoms with Crippen LogP contribution in [0, 0.1) is 0 Å². The summed E-state index contributed by atoms with van der Waals surface area (Å²) in [4.78, 5) is 52.1. The van der Waals surface area contributed by atoms with Crippen molar-refractivity contribution >= 4 is 53.2 Å². The van der Waals surface area contributed by atoms with E-state index in [1.165, 1.54) is 41.0 Å². The molecule has 5 aromatic rings. The summed E-state index contributed by atoms with van der Waals surface area (Å²) in [7, 11) is 1.68. The van der Waals surface area contributed by atoms with E-state index in [1.807, 2.05) is 18.2 Å². The summed E-state index contributed by atoms with van der Waals surface area (Å²) >= 11 is 7.98. The number of aryl methyl sites for hydroxylation is 3. The van der Waals surface area contributed by atoms with Gasteiger partial charge in [0.25, 0.3) is 5.91 Å². The van der Waals surface area contributed by atoms with Crippen molar-refractivity contribution in [2.75, 3.05) is 58.6 Å². The molecule has 1 heterocycles. The van der Waals surface area contributed by atoms with Gasteiger partial charge < -0.3 is 35.3 Å². The van der Waals surface area contributed by atoms with Crippen molar-refractivity contribution in [3.8, 4) is 0 Å². The number of aliphatic carboxylic acids is 1. The second-order valence-electron chi connectivity index (χ2n) is 14.9. The van der Waals surface area contributed by atoms with Gasteiger partial charge in [0.2, 0.25) is 12.3 Å². The van der Waals surface area contributed by atoms with Gasteiger partial charge in [-0.3, -0.25) is 24.2 Å². The number of hydrogen-bond acceptors (Lipinski definition) is 9. The number of nitrogens with zero attached hydrogens (tertiary/aromatic N) is 2. The molecule has 4 aromatic carbocycles. The third-order valence-corrected chi connectivity index (χ3v) is 11.2. The molecule has 1 aromatic heterocycles. The molecule has 0 spiro atoms. The van der Waals surface area contributed by atoms with E-state index in [0.717, 1.165) is 29.7 Å². The van der Waals surface area contributed by atoms with E-state index in [1.54, 1.807) is 72.5 Å². The number of carbonyl (C=O) groups is 4. The number of ether oxygens (including phenoxy) is 3. The molecule has 12 nitrogen and oxygen atoms in total. The maximum atomic E-state index is 13.1. The van der Waals surface area contributed by atoms with Crippen LogP contribution in [0.25, 0.3) is 0 Å². The average Bonchev–Trinajstić information content (AvgIpc) is 3.31. The molecule has 340 valence electrons. The first-order valence-electron chi connectivity index (χ1n) is 21.4. The van der Waals surface area contributed by atoms with Crippen molar-refractivity contribution < 1.29 is 38.5 Å². The van der Waals surface area contributed by atoms with Crippen molar-refractivity contribution in [3.63, 3.8) is 0 Å². The minimum absolute atomic E-state index is 0.00730. The average molecular weight is 912 g/mol. The van der Waals surface area contributed by atoms with Crippen LogP contribution in [0.5, 0.6) is 0 Å². The largest absolute Gasteiger partial charge is 0.481 e. The zero-order chi connectivity index (χ0) is 45.9. The molecule has 14 heteroatoms. The summed E-state index contributed by atoms with van der Waals surface area (Å²) in [5.41, 5.74) is 13.9. The minimum Gasteiger partial charge on any atom is -0.481 e. The van der Waals surface area contributed by atoms with Gasteiger partial charge >= 0.3 is 5.97 Å². The topological polar surface area (TPSA) is 170 Å². The second-order valence-corrected chi connectivity index (χ2v) is 16.4. The summed E-state index contributed by atoms with van der Waals surface area (Å²) in [5.74, 6) is -0.834. The van der Waals surface area contributed by atoms with Gasteiger partial charge in [0.1, 0.15) is 0 Å². The maximum Gasteiger partial charge on any atom is 0.305 e. The molecule has 64 heavy (non-hydrogen) atoms. The fourth-order valence-corrected chi connectivity index (χ4v) is 7.53. The lowest BCUT2D eigenvalue weighted by Crippen LogP contribution is -2.22. The molecule has 0 saturated carbocycles. The standard InChI is InChI=1S/C29H26ClN3O2S.C11H21NO6.C10H12/c1-2-19-5-4-8-26(14-19)36-18-20-6-3-7-22(13-20)29(35)33-27-10-9-24(30)15-23(27)17-25-16-21(28(31)34)11-12-32-25;1-12(10-13)3-5-17-7-9-18-8-6-16-4-2-11(14)15;1-2-6-10-8-4-3-7-9(10)5-1/h3-16H,2,17-18H2,1H3,(H2,31,34)(H,33,35);10H,2-9H2,1H3,(H,14,15);1-2,5-6H,3-4,7-8H2. The number of halogens is 1. The Kier molecular flexibility index (Phi) is 23.1. The summed E-state index contributed by atoms with van der Waals surface area (Å²) in [6, 6.07) is 33.5. The van der Waals surface area contributed by atoms with Gasteiger partial charge in [0.15, 0.2) is 0 Å². The van der Waals surface area contributed by atoms with Gasteiger partial charge in [-0.25, -0.2) is 0 Å². The Morgan fingerprint density at radius 2 is 1.48 bits per heavy atom. The van der Waals surface area contributed by atoms with Crippen molar-refractivity contribution in [1.82, 2.24) is 9.88 Å². The molecule has 0 saturated heterocycles. The van der Waals surface area contributed by atoms with Crippen LogP contribution >= 0.6 is 23.4 Å². The van der Waals surface area contributed by atoms with E-state index in [4.69, 9.17) is 36.7 Å². The first kappa shape index (κ1) is 51.1. The normalized spacial score (nSPS) is 11.5. The number of nitrogens with two attached hydrogens (primary N) is 1. The number of carboxylic acids is 1. The Balaban J connectivity index is 0.000000263. The van der Waals surface area contributed by atoms with Gasteiger partial charge in [-0.1, -0.05) is 67.1 Å². The molecular formula is C50H59ClN4O8S. The number of carboxylic acid groups (broad SMARTS) is 1. The van der Waals surface area contributed by atoms with Crippen LogP contribution in [0.1, 0.15) is 80.4 Å². The fraction of sp³-hybridized carbons (Fsp3) is 0.340. The molecule has 0 unspecified atom stereocenters. The zero-order valence-electron chi connectivity index (χ0n) is 36.6. The van der Waals surface area contributed by atoms with E-state index in [9.17, 15) is 19.2 Å². The van der Waals surface area contributed by atoms with Gasteiger partial charge in [-0.05, 0) is 115 Å². The van der Waals surface area contributed by atoms with Crippen LogP contribution in [0.15, 0.2) is 114 Å². The third kappa shape index (κ3) is 19.4. The quantitative estimate of drug-likeness (QED) is 0.0347. The van der Waals surface area contributed by atoms with Crippen molar-refractivity contribution in [3.05, 3.63) is 159 Å². The summed E-state index contributed by atoms with van der Waals surface area (Å²) in [6.45, 7) is 5.09. The van der Waals surface area contributed by atoms with Crippen LogP contribution in [-0.4, -0.2) is 92.4 Å². The Morgan fingerprint density at radius 3 is 2.16 bits per heavy atom. The van der Waals surface area contributed by atoms with Gasteiger partial charge in [0.05, 0.1) is 46.1 Å². The van der Waals surface area contributed by atoms with Crippen molar-refractivity contribution in [2.45, 2.75) is 62.5 Å². The van der Waals surface area contributed by atoms with E-state index in [-0.39, 0.29) is 18.9 Å². The number of benzene rings is 4. The number of amides is 3. The lowest BCUT2D eigenvalue weighted by molar-refractivity contribution is -0.138. The highest BCUT2D eigenvalue weighted by molar-refractivity contribution is 7.98. The predicted octanol–water partition coefficient (Wildman–Crippen LogP) is 8.70. The molecule has 0 fully saturated rings. The minimum atomic E-state index is -0.871. The molecule has 0 aliphatic heterocycles. The highest BCUT2D eigenvalue weighted by Crippen LogP contribution is 2.27.